The van der Waals surface area contributed by atoms with Gasteiger partial charge in [0.25, 0.3) is 0 Å². The highest BCUT2D eigenvalue weighted by molar-refractivity contribution is 7.91. The van der Waals surface area contributed by atoms with Crippen molar-refractivity contribution in [2.24, 2.45) is 0 Å². The standard InChI is InChI=1S/C15H20FNO3S/c16-13-9-11(17)3-4-14(13)21(18,19)10-12-5-8-15(20-12)6-1-2-7-15/h3-4,9,12H,1-2,5-8,10,17H2. The zero-order valence-corrected chi connectivity index (χ0v) is 12.7. The van der Waals surface area contributed by atoms with Crippen LogP contribution in [0.1, 0.15) is 38.5 Å². The number of nitrogens with two attached hydrogens (primary N) is 1. The number of hydrogen-bond donors (Lipinski definition) is 1. The van der Waals surface area contributed by atoms with Gasteiger partial charge in [0.2, 0.25) is 0 Å². The van der Waals surface area contributed by atoms with Crippen molar-refractivity contribution in [3.63, 3.8) is 0 Å². The van der Waals surface area contributed by atoms with E-state index in [1.165, 1.54) is 12.1 Å². The van der Waals surface area contributed by atoms with E-state index in [1.54, 1.807) is 0 Å². The van der Waals surface area contributed by atoms with Gasteiger partial charge in [-0.3, -0.25) is 0 Å². The number of nitrogen functional groups attached to an aromatic ring is 1. The second-order valence-electron chi connectivity index (χ2n) is 6.14. The van der Waals surface area contributed by atoms with Gasteiger partial charge in [-0.1, -0.05) is 12.8 Å². The molecule has 1 heterocycles. The molecule has 1 saturated heterocycles. The summed E-state index contributed by atoms with van der Waals surface area (Å²) in [5.74, 6) is -0.946. The van der Waals surface area contributed by atoms with Gasteiger partial charge < -0.3 is 10.5 Å². The molecule has 116 valence electrons. The van der Waals surface area contributed by atoms with Crippen LogP contribution >= 0.6 is 0 Å². The molecule has 2 aliphatic rings. The van der Waals surface area contributed by atoms with Crippen molar-refractivity contribution < 1.29 is 17.5 Å². The molecule has 21 heavy (non-hydrogen) atoms. The molecule has 0 amide bonds. The van der Waals surface area contributed by atoms with Gasteiger partial charge in [0.15, 0.2) is 9.84 Å². The molecular weight excluding hydrogens is 293 g/mol. The van der Waals surface area contributed by atoms with Crippen LogP contribution in [0.15, 0.2) is 23.1 Å². The van der Waals surface area contributed by atoms with Crippen molar-refractivity contribution in [3.05, 3.63) is 24.0 Å². The minimum absolute atomic E-state index is 0.111. The summed E-state index contributed by atoms with van der Waals surface area (Å²) in [6.45, 7) is 0. The molecule has 2 fully saturated rings. The average Bonchev–Trinajstić information content (AvgIpc) is 2.99. The lowest BCUT2D eigenvalue weighted by atomic mass is 9.98. The quantitative estimate of drug-likeness (QED) is 0.871. The van der Waals surface area contributed by atoms with E-state index in [-0.39, 0.29) is 28.0 Å². The molecule has 0 radical (unpaired) electrons. The summed E-state index contributed by atoms with van der Waals surface area (Å²) in [4.78, 5) is -0.285. The molecule has 2 N–H and O–H groups in total. The molecule has 0 aromatic heterocycles. The highest BCUT2D eigenvalue weighted by Gasteiger charge is 2.43. The second kappa shape index (κ2) is 5.25. The van der Waals surface area contributed by atoms with Crippen LogP contribution in [0.5, 0.6) is 0 Å². The molecule has 1 aliphatic heterocycles. The van der Waals surface area contributed by atoms with E-state index in [2.05, 4.69) is 0 Å². The third kappa shape index (κ3) is 2.92. The first-order valence-corrected chi connectivity index (χ1v) is 9.01. The van der Waals surface area contributed by atoms with Crippen molar-refractivity contribution in [2.45, 2.75) is 55.1 Å². The van der Waals surface area contributed by atoms with Crippen LogP contribution in [0.2, 0.25) is 0 Å². The summed E-state index contributed by atoms with van der Waals surface area (Å²) >= 11 is 0. The molecule has 1 spiro atoms. The van der Waals surface area contributed by atoms with Crippen molar-refractivity contribution in [1.29, 1.82) is 0 Å². The molecule has 0 bridgehead atoms. The molecule has 1 saturated carbocycles. The van der Waals surface area contributed by atoms with Gasteiger partial charge in [-0.05, 0) is 43.9 Å². The lowest BCUT2D eigenvalue weighted by Gasteiger charge is -2.23. The van der Waals surface area contributed by atoms with Crippen LogP contribution in [0.25, 0.3) is 0 Å². The maximum absolute atomic E-state index is 13.8. The summed E-state index contributed by atoms with van der Waals surface area (Å²) in [5, 5.41) is 0. The van der Waals surface area contributed by atoms with Gasteiger partial charge in [0, 0.05) is 5.69 Å². The maximum Gasteiger partial charge on any atom is 0.183 e. The van der Waals surface area contributed by atoms with Crippen LogP contribution in [0.4, 0.5) is 10.1 Å². The average molecular weight is 313 g/mol. The summed E-state index contributed by atoms with van der Waals surface area (Å²) < 4.78 is 44.5. The Hall–Kier alpha value is -1.14. The van der Waals surface area contributed by atoms with E-state index in [0.717, 1.165) is 44.6 Å². The van der Waals surface area contributed by atoms with E-state index in [9.17, 15) is 12.8 Å². The Morgan fingerprint density at radius 3 is 2.67 bits per heavy atom. The Labute approximate surface area is 124 Å². The first-order chi connectivity index (χ1) is 9.90. The highest BCUT2D eigenvalue weighted by atomic mass is 32.2. The highest BCUT2D eigenvalue weighted by Crippen LogP contribution is 2.43. The number of benzene rings is 1. The lowest BCUT2D eigenvalue weighted by Crippen LogP contribution is -2.28. The van der Waals surface area contributed by atoms with Gasteiger partial charge in [-0.2, -0.15) is 0 Å². The Kier molecular flexibility index (Phi) is 3.69. The summed E-state index contributed by atoms with van der Waals surface area (Å²) in [7, 11) is -3.69. The smallest absolute Gasteiger partial charge is 0.183 e. The minimum atomic E-state index is -3.69. The van der Waals surface area contributed by atoms with Crippen molar-refractivity contribution in [2.75, 3.05) is 11.5 Å². The fraction of sp³-hybridized carbons (Fsp3) is 0.600. The third-order valence-electron chi connectivity index (χ3n) is 4.55. The third-order valence-corrected chi connectivity index (χ3v) is 6.36. The first kappa shape index (κ1) is 14.8. The van der Waals surface area contributed by atoms with Crippen LogP contribution in [-0.2, 0) is 14.6 Å². The maximum atomic E-state index is 13.8. The largest absolute Gasteiger partial charge is 0.399 e. The predicted molar refractivity (Wildman–Crippen MR) is 78.2 cm³/mol. The van der Waals surface area contributed by atoms with Crippen LogP contribution < -0.4 is 5.73 Å². The molecule has 3 rings (SSSR count). The van der Waals surface area contributed by atoms with Gasteiger partial charge in [-0.25, -0.2) is 12.8 Å². The number of halogens is 1. The molecule has 1 aromatic rings. The van der Waals surface area contributed by atoms with Gasteiger partial charge >= 0.3 is 0 Å². The zero-order valence-electron chi connectivity index (χ0n) is 11.8. The Balaban J connectivity index is 1.75. The van der Waals surface area contributed by atoms with Crippen molar-refractivity contribution in [3.8, 4) is 0 Å². The molecule has 4 nitrogen and oxygen atoms in total. The van der Waals surface area contributed by atoms with E-state index in [4.69, 9.17) is 10.5 Å². The molecule has 1 atom stereocenters. The molecule has 1 unspecified atom stereocenters. The van der Waals surface area contributed by atoms with E-state index in [1.807, 2.05) is 0 Å². The molecule has 1 aromatic carbocycles. The monoisotopic (exact) mass is 313 g/mol. The van der Waals surface area contributed by atoms with Crippen LogP contribution in [-0.4, -0.2) is 25.9 Å². The van der Waals surface area contributed by atoms with E-state index >= 15 is 0 Å². The SMILES string of the molecule is Nc1ccc(S(=O)(=O)CC2CCC3(CCCC3)O2)c(F)c1. The first-order valence-electron chi connectivity index (χ1n) is 7.36. The topological polar surface area (TPSA) is 69.4 Å². The van der Waals surface area contributed by atoms with Gasteiger partial charge in [-0.15, -0.1) is 0 Å². The van der Waals surface area contributed by atoms with Gasteiger partial charge in [0.1, 0.15) is 10.7 Å². The van der Waals surface area contributed by atoms with Crippen LogP contribution in [0.3, 0.4) is 0 Å². The summed E-state index contributed by atoms with van der Waals surface area (Å²) in [6.07, 6.45) is 5.63. The van der Waals surface area contributed by atoms with E-state index in [0.29, 0.717) is 0 Å². The molecule has 1 aliphatic carbocycles. The zero-order chi connectivity index (χ0) is 15.1. The number of ether oxygens (including phenoxy) is 1. The Morgan fingerprint density at radius 1 is 1.29 bits per heavy atom. The second-order valence-corrected chi connectivity index (χ2v) is 8.14. The lowest BCUT2D eigenvalue weighted by molar-refractivity contribution is -0.0273. The molecule has 6 heteroatoms. The normalized spacial score (nSPS) is 24.7. The number of anilines is 1. The number of hydrogen-bond acceptors (Lipinski definition) is 4. The fourth-order valence-corrected chi connectivity index (χ4v) is 5.04. The molecular formula is C15H20FNO3S. The van der Waals surface area contributed by atoms with E-state index < -0.39 is 15.7 Å². The predicted octanol–water partition coefficient (Wildman–Crippen LogP) is 2.67. The van der Waals surface area contributed by atoms with Crippen molar-refractivity contribution >= 4 is 15.5 Å². The van der Waals surface area contributed by atoms with Crippen molar-refractivity contribution in [1.82, 2.24) is 0 Å². The Bertz CT molecular complexity index is 638. The summed E-state index contributed by atoms with van der Waals surface area (Å²) in [6, 6.07) is 3.69. The number of sulfone groups is 1. The number of rotatable bonds is 3. The fourth-order valence-electron chi connectivity index (χ4n) is 3.50. The Morgan fingerprint density at radius 2 is 2.00 bits per heavy atom. The minimum Gasteiger partial charge on any atom is -0.399 e. The van der Waals surface area contributed by atoms with Crippen LogP contribution in [0, 0.1) is 5.82 Å². The van der Waals surface area contributed by atoms with Gasteiger partial charge in [0.05, 0.1) is 17.5 Å². The summed E-state index contributed by atoms with van der Waals surface area (Å²) in [5.41, 5.74) is 5.56.